The van der Waals surface area contributed by atoms with Crippen LogP contribution in [-0.2, 0) is 19.2 Å². The van der Waals surface area contributed by atoms with Crippen LogP contribution in [0.1, 0.15) is 33.1 Å². The zero-order chi connectivity index (χ0) is 10.9. The van der Waals surface area contributed by atoms with Crippen LogP contribution in [-0.4, -0.2) is 23.1 Å². The van der Waals surface area contributed by atoms with Gasteiger partial charge in [-0.2, -0.15) is 0 Å². The van der Waals surface area contributed by atoms with Crippen molar-refractivity contribution in [2.75, 3.05) is 0 Å². The van der Waals surface area contributed by atoms with Crippen LogP contribution in [0.2, 0.25) is 0 Å². The number of rotatable bonds is 2. The minimum absolute atomic E-state index is 0.0119. The van der Waals surface area contributed by atoms with Crippen LogP contribution >= 0.6 is 0 Å². The summed E-state index contributed by atoms with van der Waals surface area (Å²) in [5, 5.41) is 0. The molecule has 0 amide bonds. The molecule has 1 aliphatic carbocycles. The van der Waals surface area contributed by atoms with Crippen molar-refractivity contribution in [3.8, 4) is 0 Å². The lowest BCUT2D eigenvalue weighted by Gasteiger charge is -2.29. The Bertz CT molecular complexity index is 313. The average molecular weight is 196 g/mol. The highest BCUT2D eigenvalue weighted by Crippen LogP contribution is 2.33. The maximum Gasteiger partial charge on any atom is 0.154 e. The second kappa shape index (κ2) is 3.44. The van der Waals surface area contributed by atoms with Crippen molar-refractivity contribution in [1.29, 1.82) is 0 Å². The molecule has 0 radical (unpaired) electrons. The molecule has 14 heavy (non-hydrogen) atoms. The predicted octanol–water partition coefficient (Wildman–Crippen LogP) is 0.473. The third-order valence-electron chi connectivity index (χ3n) is 2.77. The van der Waals surface area contributed by atoms with Gasteiger partial charge in [0, 0.05) is 19.3 Å². The third kappa shape index (κ3) is 1.41. The highest BCUT2D eigenvalue weighted by molar-refractivity contribution is 6.26. The van der Waals surface area contributed by atoms with Crippen LogP contribution in [0.4, 0.5) is 0 Å². The van der Waals surface area contributed by atoms with E-state index in [1.807, 2.05) is 0 Å². The Balaban J connectivity index is 3.18. The maximum absolute atomic E-state index is 11.6. The number of ketones is 4. The molecule has 0 aromatic heterocycles. The van der Waals surface area contributed by atoms with Crippen LogP contribution in [0.5, 0.6) is 0 Å². The second-order valence-electron chi connectivity index (χ2n) is 3.66. The van der Waals surface area contributed by atoms with Gasteiger partial charge in [-0.25, -0.2) is 0 Å². The number of hydrogen-bond donors (Lipinski definition) is 0. The Labute approximate surface area is 81.7 Å². The van der Waals surface area contributed by atoms with E-state index in [2.05, 4.69) is 0 Å². The highest BCUT2D eigenvalue weighted by atomic mass is 16.2. The third-order valence-corrected chi connectivity index (χ3v) is 2.77. The minimum atomic E-state index is -1.66. The summed E-state index contributed by atoms with van der Waals surface area (Å²) in [7, 11) is 0. The summed E-state index contributed by atoms with van der Waals surface area (Å²) in [5.41, 5.74) is -1.66. The van der Waals surface area contributed by atoms with Gasteiger partial charge in [0.2, 0.25) is 0 Å². The first-order valence-corrected chi connectivity index (χ1v) is 4.48. The lowest BCUT2D eigenvalue weighted by Crippen LogP contribution is -2.48. The van der Waals surface area contributed by atoms with Crippen molar-refractivity contribution in [3.05, 3.63) is 0 Å². The number of Topliss-reactive ketones (excluding diaryl/α,β-unsaturated/α-hetero) is 4. The molecule has 76 valence electrons. The van der Waals surface area contributed by atoms with Gasteiger partial charge in [0.15, 0.2) is 22.8 Å². The molecule has 1 fully saturated rings. The molecule has 0 heterocycles. The predicted molar refractivity (Wildman–Crippen MR) is 47.7 cm³/mol. The molecule has 4 nitrogen and oxygen atoms in total. The topological polar surface area (TPSA) is 68.3 Å². The van der Waals surface area contributed by atoms with Crippen molar-refractivity contribution < 1.29 is 19.2 Å². The van der Waals surface area contributed by atoms with Gasteiger partial charge < -0.3 is 0 Å². The maximum atomic E-state index is 11.6. The zero-order valence-corrected chi connectivity index (χ0v) is 8.25. The molecular formula is C10H12O4. The summed E-state index contributed by atoms with van der Waals surface area (Å²) >= 11 is 0. The van der Waals surface area contributed by atoms with E-state index >= 15 is 0 Å². The molecule has 0 aliphatic heterocycles. The zero-order valence-electron chi connectivity index (χ0n) is 8.25. The summed E-state index contributed by atoms with van der Waals surface area (Å²) in [4.78, 5) is 45.4. The van der Waals surface area contributed by atoms with Gasteiger partial charge in [-0.05, 0) is 13.8 Å². The van der Waals surface area contributed by atoms with Gasteiger partial charge in [0.05, 0.1) is 0 Å². The first-order valence-electron chi connectivity index (χ1n) is 4.48. The van der Waals surface area contributed by atoms with E-state index in [0.29, 0.717) is 0 Å². The van der Waals surface area contributed by atoms with Crippen LogP contribution in [0.3, 0.4) is 0 Å². The molecular weight excluding hydrogens is 184 g/mol. The van der Waals surface area contributed by atoms with Crippen molar-refractivity contribution in [2.45, 2.75) is 33.1 Å². The molecule has 1 aliphatic rings. The standard InChI is InChI=1S/C10H12O4/c1-6(11)10(7(2)12)5-8(13)3-4-9(10)14/h3-5H2,1-2H3. The van der Waals surface area contributed by atoms with E-state index in [1.165, 1.54) is 13.8 Å². The Morgan fingerprint density at radius 1 is 1.07 bits per heavy atom. The molecule has 0 atom stereocenters. The SMILES string of the molecule is CC(=O)C1(C(C)=O)CC(=O)CCC1=O. The Kier molecular flexibility index (Phi) is 2.64. The van der Waals surface area contributed by atoms with E-state index in [0.717, 1.165) is 0 Å². The van der Waals surface area contributed by atoms with Gasteiger partial charge in [0.1, 0.15) is 5.78 Å². The summed E-state index contributed by atoms with van der Waals surface area (Å²) < 4.78 is 0. The van der Waals surface area contributed by atoms with Gasteiger partial charge in [-0.3, -0.25) is 19.2 Å². The van der Waals surface area contributed by atoms with Crippen molar-refractivity contribution >= 4 is 23.1 Å². The van der Waals surface area contributed by atoms with Crippen molar-refractivity contribution in [2.24, 2.45) is 5.41 Å². The smallest absolute Gasteiger partial charge is 0.154 e. The quantitative estimate of drug-likeness (QED) is 0.602. The van der Waals surface area contributed by atoms with E-state index in [1.54, 1.807) is 0 Å². The molecule has 0 unspecified atom stereocenters. The number of carbonyl (C=O) groups is 4. The molecule has 0 aromatic carbocycles. The number of hydrogen-bond acceptors (Lipinski definition) is 4. The normalized spacial score (nSPS) is 20.7. The molecule has 0 spiro atoms. The summed E-state index contributed by atoms with van der Waals surface area (Å²) in [5.74, 6) is -1.61. The monoisotopic (exact) mass is 196 g/mol. The van der Waals surface area contributed by atoms with E-state index in [4.69, 9.17) is 0 Å². The number of carbonyl (C=O) groups excluding carboxylic acids is 4. The van der Waals surface area contributed by atoms with Crippen LogP contribution in [0.25, 0.3) is 0 Å². The summed E-state index contributed by atoms with van der Waals surface area (Å²) in [6.45, 7) is 2.38. The first-order chi connectivity index (χ1) is 6.41. The van der Waals surface area contributed by atoms with Gasteiger partial charge in [0.25, 0.3) is 0 Å². The largest absolute Gasteiger partial charge is 0.300 e. The Morgan fingerprint density at radius 2 is 1.57 bits per heavy atom. The van der Waals surface area contributed by atoms with Gasteiger partial charge >= 0.3 is 0 Å². The fourth-order valence-electron chi connectivity index (χ4n) is 1.84. The molecule has 0 bridgehead atoms. The molecule has 0 saturated heterocycles. The fraction of sp³-hybridized carbons (Fsp3) is 0.600. The van der Waals surface area contributed by atoms with E-state index in [-0.39, 0.29) is 25.0 Å². The van der Waals surface area contributed by atoms with Gasteiger partial charge in [-0.15, -0.1) is 0 Å². The first kappa shape index (κ1) is 10.8. The van der Waals surface area contributed by atoms with Gasteiger partial charge in [-0.1, -0.05) is 0 Å². The average Bonchev–Trinajstić information content (AvgIpc) is 2.08. The molecule has 4 heteroatoms. The van der Waals surface area contributed by atoms with E-state index in [9.17, 15) is 19.2 Å². The van der Waals surface area contributed by atoms with Crippen molar-refractivity contribution in [1.82, 2.24) is 0 Å². The highest BCUT2D eigenvalue weighted by Gasteiger charge is 2.50. The Hall–Kier alpha value is -1.32. The lowest BCUT2D eigenvalue weighted by atomic mass is 9.67. The minimum Gasteiger partial charge on any atom is -0.300 e. The summed E-state index contributed by atoms with van der Waals surface area (Å²) in [6, 6.07) is 0. The fourth-order valence-corrected chi connectivity index (χ4v) is 1.84. The van der Waals surface area contributed by atoms with Crippen LogP contribution in [0.15, 0.2) is 0 Å². The molecule has 1 rings (SSSR count). The summed E-state index contributed by atoms with van der Waals surface area (Å²) in [6.07, 6.45) is -0.0738. The van der Waals surface area contributed by atoms with Crippen LogP contribution < -0.4 is 0 Å². The van der Waals surface area contributed by atoms with E-state index < -0.39 is 22.8 Å². The molecule has 0 aromatic rings. The van der Waals surface area contributed by atoms with Crippen LogP contribution in [0, 0.1) is 5.41 Å². The molecule has 1 saturated carbocycles. The Morgan fingerprint density at radius 3 is 1.93 bits per heavy atom. The van der Waals surface area contributed by atoms with Crippen molar-refractivity contribution in [3.63, 3.8) is 0 Å². The second-order valence-corrected chi connectivity index (χ2v) is 3.66. The molecule has 0 N–H and O–H groups in total. The lowest BCUT2D eigenvalue weighted by molar-refractivity contribution is -0.153.